The molecule has 1 aromatic carbocycles. The van der Waals surface area contributed by atoms with Gasteiger partial charge in [-0.2, -0.15) is 0 Å². The lowest BCUT2D eigenvalue weighted by molar-refractivity contribution is -0.122. The summed E-state index contributed by atoms with van der Waals surface area (Å²) in [6, 6.07) is 3.97. The Bertz CT molecular complexity index is 731. The van der Waals surface area contributed by atoms with Crippen molar-refractivity contribution in [2.24, 2.45) is 0 Å². The summed E-state index contributed by atoms with van der Waals surface area (Å²) in [4.78, 5) is 37.0. The quantitative estimate of drug-likeness (QED) is 0.412. The van der Waals surface area contributed by atoms with E-state index in [0.29, 0.717) is 30.3 Å². The highest BCUT2D eigenvalue weighted by molar-refractivity contribution is 6.01. The minimum Gasteiger partial charge on any atom is -0.454 e. The zero-order chi connectivity index (χ0) is 19.4. The number of benzene rings is 1. The maximum atomic E-state index is 12.6. The molecule has 2 heterocycles. The molecule has 1 saturated heterocycles. The standard InChI is InChI=1S/C17H19NO9/c1-10(15(19)11-3-4-13-14(5-11)24-8-23-13)18(2)16(20)25-9-26-17(21)27-12-6-22-7-12/h3-5,10,12H,6-9H2,1-2H3. The highest BCUT2D eigenvalue weighted by Crippen LogP contribution is 2.33. The topological polar surface area (TPSA) is 110 Å². The molecule has 146 valence electrons. The molecule has 1 unspecified atom stereocenters. The van der Waals surface area contributed by atoms with Crippen molar-refractivity contribution in [3.63, 3.8) is 0 Å². The summed E-state index contributed by atoms with van der Waals surface area (Å²) in [5.41, 5.74) is 0.369. The van der Waals surface area contributed by atoms with Crippen LogP contribution in [0.1, 0.15) is 17.3 Å². The van der Waals surface area contributed by atoms with Crippen LogP contribution in [0, 0.1) is 0 Å². The van der Waals surface area contributed by atoms with E-state index in [1.54, 1.807) is 25.1 Å². The number of hydrogen-bond donors (Lipinski definition) is 0. The number of likely N-dealkylation sites (N-methyl/N-ethyl adjacent to an activating group) is 1. The predicted octanol–water partition coefficient (Wildman–Crippen LogP) is 1.56. The lowest BCUT2D eigenvalue weighted by Gasteiger charge is -2.25. The van der Waals surface area contributed by atoms with Crippen LogP contribution in [0.2, 0.25) is 0 Å². The average molecular weight is 381 g/mol. The molecule has 10 nitrogen and oxygen atoms in total. The van der Waals surface area contributed by atoms with Crippen molar-refractivity contribution < 1.29 is 42.8 Å². The first-order valence-electron chi connectivity index (χ1n) is 8.20. The Kier molecular flexibility index (Phi) is 5.65. The normalized spacial score (nSPS) is 16.1. The number of amides is 1. The van der Waals surface area contributed by atoms with Gasteiger partial charge < -0.3 is 33.3 Å². The number of hydrogen-bond acceptors (Lipinski definition) is 9. The van der Waals surface area contributed by atoms with Crippen LogP contribution in [0.5, 0.6) is 11.5 Å². The minimum absolute atomic E-state index is 0.102. The van der Waals surface area contributed by atoms with Crippen molar-refractivity contribution in [3.8, 4) is 11.5 Å². The number of carbonyl (C=O) groups is 3. The van der Waals surface area contributed by atoms with Crippen LogP contribution >= 0.6 is 0 Å². The second kappa shape index (κ2) is 8.12. The van der Waals surface area contributed by atoms with Gasteiger partial charge in [-0.15, -0.1) is 0 Å². The Morgan fingerprint density at radius 3 is 2.63 bits per heavy atom. The number of fused-ring (bicyclic) bond motifs is 1. The molecule has 0 spiro atoms. The molecule has 0 radical (unpaired) electrons. The second-order valence-corrected chi connectivity index (χ2v) is 5.92. The van der Waals surface area contributed by atoms with Crippen LogP contribution < -0.4 is 9.47 Å². The second-order valence-electron chi connectivity index (χ2n) is 5.92. The maximum Gasteiger partial charge on any atom is 0.511 e. The third-order valence-electron chi connectivity index (χ3n) is 4.14. The molecule has 1 amide bonds. The van der Waals surface area contributed by atoms with Crippen LogP contribution in [0.4, 0.5) is 9.59 Å². The average Bonchev–Trinajstić information content (AvgIpc) is 3.10. The van der Waals surface area contributed by atoms with Gasteiger partial charge in [0, 0.05) is 12.6 Å². The molecule has 1 fully saturated rings. The smallest absolute Gasteiger partial charge is 0.454 e. The number of ether oxygens (including phenoxy) is 6. The molecule has 0 aromatic heterocycles. The molecule has 0 bridgehead atoms. The van der Waals surface area contributed by atoms with Crippen LogP contribution in [0.3, 0.4) is 0 Å². The number of rotatable bonds is 6. The van der Waals surface area contributed by atoms with Crippen LogP contribution in [-0.2, 0) is 18.9 Å². The lowest BCUT2D eigenvalue weighted by Crippen LogP contribution is -2.41. The third-order valence-corrected chi connectivity index (χ3v) is 4.14. The summed E-state index contributed by atoms with van der Waals surface area (Å²) in [6.07, 6.45) is -2.12. The van der Waals surface area contributed by atoms with Gasteiger partial charge >= 0.3 is 12.2 Å². The van der Waals surface area contributed by atoms with Gasteiger partial charge in [0.25, 0.3) is 0 Å². The van der Waals surface area contributed by atoms with Gasteiger partial charge in [-0.25, -0.2) is 9.59 Å². The first-order valence-corrected chi connectivity index (χ1v) is 8.20. The summed E-state index contributed by atoms with van der Waals surface area (Å²) < 4.78 is 29.6. The van der Waals surface area contributed by atoms with E-state index in [-0.39, 0.29) is 18.7 Å². The molecule has 3 rings (SSSR count). The van der Waals surface area contributed by atoms with E-state index in [4.69, 9.17) is 23.7 Å². The van der Waals surface area contributed by atoms with Crippen LogP contribution in [-0.4, -0.2) is 68.9 Å². The van der Waals surface area contributed by atoms with E-state index in [0.717, 1.165) is 4.90 Å². The Hall–Kier alpha value is -3.01. The van der Waals surface area contributed by atoms with E-state index >= 15 is 0 Å². The zero-order valence-electron chi connectivity index (χ0n) is 14.8. The van der Waals surface area contributed by atoms with E-state index in [1.165, 1.54) is 7.05 Å². The molecule has 0 aliphatic carbocycles. The van der Waals surface area contributed by atoms with E-state index in [1.807, 2.05) is 0 Å². The van der Waals surface area contributed by atoms with Crippen molar-refractivity contribution >= 4 is 18.0 Å². The lowest BCUT2D eigenvalue weighted by atomic mass is 10.0. The van der Waals surface area contributed by atoms with Crippen LogP contribution in [0.25, 0.3) is 0 Å². The predicted molar refractivity (Wildman–Crippen MR) is 87.6 cm³/mol. The van der Waals surface area contributed by atoms with Gasteiger partial charge in [0.2, 0.25) is 13.6 Å². The first kappa shape index (κ1) is 18.8. The molecule has 0 N–H and O–H groups in total. The fourth-order valence-electron chi connectivity index (χ4n) is 2.31. The van der Waals surface area contributed by atoms with Gasteiger partial charge in [-0.05, 0) is 25.1 Å². The maximum absolute atomic E-state index is 12.6. The molecule has 27 heavy (non-hydrogen) atoms. The summed E-state index contributed by atoms with van der Waals surface area (Å²) in [7, 11) is 1.40. The molecular weight excluding hydrogens is 362 g/mol. The molecule has 10 heteroatoms. The summed E-state index contributed by atoms with van der Waals surface area (Å²) in [5, 5.41) is 0. The fraction of sp³-hybridized carbons (Fsp3) is 0.471. The van der Waals surface area contributed by atoms with Crippen molar-refractivity contribution in [1.82, 2.24) is 4.90 Å². The number of ketones is 1. The Labute approximate surface area is 154 Å². The first-order chi connectivity index (χ1) is 13.0. The molecule has 2 aliphatic heterocycles. The van der Waals surface area contributed by atoms with E-state index in [2.05, 4.69) is 4.74 Å². The summed E-state index contributed by atoms with van der Waals surface area (Å²) in [6.45, 7) is 1.67. The number of carbonyl (C=O) groups excluding carboxylic acids is 3. The van der Waals surface area contributed by atoms with Gasteiger partial charge in [0.15, 0.2) is 23.4 Å². The molecule has 1 aromatic rings. The van der Waals surface area contributed by atoms with E-state index < -0.39 is 25.1 Å². The molecule has 1 atom stereocenters. The van der Waals surface area contributed by atoms with Crippen molar-refractivity contribution in [3.05, 3.63) is 23.8 Å². The Balaban J connectivity index is 1.46. The SMILES string of the molecule is CC(C(=O)c1ccc2c(c1)OCO2)N(C)C(=O)OCOC(=O)OC1COC1. The highest BCUT2D eigenvalue weighted by Gasteiger charge is 2.27. The molecular formula is C17H19NO9. The van der Waals surface area contributed by atoms with Crippen molar-refractivity contribution in [2.75, 3.05) is 33.8 Å². The van der Waals surface area contributed by atoms with Crippen molar-refractivity contribution in [2.45, 2.75) is 19.1 Å². The molecule has 0 saturated carbocycles. The molecule has 2 aliphatic rings. The Morgan fingerprint density at radius 1 is 1.19 bits per heavy atom. The Morgan fingerprint density at radius 2 is 1.93 bits per heavy atom. The van der Waals surface area contributed by atoms with Crippen LogP contribution in [0.15, 0.2) is 18.2 Å². The van der Waals surface area contributed by atoms with Gasteiger partial charge in [0.05, 0.1) is 19.3 Å². The summed E-state index contributed by atoms with van der Waals surface area (Å²) >= 11 is 0. The monoisotopic (exact) mass is 381 g/mol. The largest absolute Gasteiger partial charge is 0.511 e. The van der Waals surface area contributed by atoms with Gasteiger partial charge in [-0.3, -0.25) is 4.79 Å². The van der Waals surface area contributed by atoms with Gasteiger partial charge in [0.1, 0.15) is 0 Å². The zero-order valence-corrected chi connectivity index (χ0v) is 14.8. The third kappa shape index (κ3) is 4.40. The number of Topliss-reactive ketones (excluding diaryl/α,β-unsaturated/α-hetero) is 1. The summed E-state index contributed by atoms with van der Waals surface area (Å²) in [5.74, 6) is 0.726. The van der Waals surface area contributed by atoms with E-state index in [9.17, 15) is 14.4 Å². The highest BCUT2D eigenvalue weighted by atomic mass is 16.8. The fourth-order valence-corrected chi connectivity index (χ4v) is 2.31. The van der Waals surface area contributed by atoms with Gasteiger partial charge in [-0.1, -0.05) is 0 Å². The number of nitrogens with zero attached hydrogens (tertiary/aromatic N) is 1. The van der Waals surface area contributed by atoms with Crippen molar-refractivity contribution in [1.29, 1.82) is 0 Å². The minimum atomic E-state index is -0.955.